The van der Waals surface area contributed by atoms with Crippen LogP contribution >= 0.6 is 0 Å². The SMILES string of the molecule is COCc1ccccc1C(=O)NCC[S@@](=O)c1ccccc1. The Morgan fingerprint density at radius 1 is 1.09 bits per heavy atom. The van der Waals surface area contributed by atoms with E-state index in [1.54, 1.807) is 13.2 Å². The molecule has 0 aliphatic heterocycles. The lowest BCUT2D eigenvalue weighted by Crippen LogP contribution is -2.28. The normalized spacial score (nSPS) is 11.9. The summed E-state index contributed by atoms with van der Waals surface area (Å²) >= 11 is 0. The van der Waals surface area contributed by atoms with Crippen LogP contribution in [0.4, 0.5) is 0 Å². The fourth-order valence-electron chi connectivity index (χ4n) is 2.07. The fraction of sp³-hybridized carbons (Fsp3) is 0.235. The Balaban J connectivity index is 1.89. The predicted molar refractivity (Wildman–Crippen MR) is 87.2 cm³/mol. The number of nitrogens with one attached hydrogen (secondary N) is 1. The maximum absolute atomic E-state index is 12.2. The summed E-state index contributed by atoms with van der Waals surface area (Å²) in [7, 11) is 0.491. The maximum Gasteiger partial charge on any atom is 0.251 e. The molecule has 1 atom stereocenters. The molecule has 0 unspecified atom stereocenters. The van der Waals surface area contributed by atoms with E-state index < -0.39 is 10.8 Å². The van der Waals surface area contributed by atoms with Crippen molar-refractivity contribution in [3.8, 4) is 0 Å². The molecule has 0 bridgehead atoms. The molecule has 4 nitrogen and oxygen atoms in total. The van der Waals surface area contributed by atoms with E-state index >= 15 is 0 Å². The number of amides is 1. The number of benzene rings is 2. The lowest BCUT2D eigenvalue weighted by Gasteiger charge is -2.09. The Kier molecular flexibility index (Phi) is 6.30. The van der Waals surface area contributed by atoms with Crippen LogP contribution in [-0.4, -0.2) is 29.5 Å². The van der Waals surface area contributed by atoms with Gasteiger partial charge in [0.1, 0.15) is 0 Å². The molecule has 1 amide bonds. The Morgan fingerprint density at radius 2 is 1.77 bits per heavy atom. The van der Waals surface area contributed by atoms with Crippen LogP contribution in [0.2, 0.25) is 0 Å². The molecule has 5 heteroatoms. The summed E-state index contributed by atoms with van der Waals surface area (Å²) in [6.07, 6.45) is 0. The summed E-state index contributed by atoms with van der Waals surface area (Å²) < 4.78 is 17.2. The van der Waals surface area contributed by atoms with Crippen molar-refractivity contribution in [2.45, 2.75) is 11.5 Å². The number of carbonyl (C=O) groups excluding carboxylic acids is 1. The summed E-state index contributed by atoms with van der Waals surface area (Å²) in [4.78, 5) is 13.0. The minimum absolute atomic E-state index is 0.169. The number of hydrogen-bond donors (Lipinski definition) is 1. The number of rotatable bonds is 7. The molecule has 2 aromatic rings. The van der Waals surface area contributed by atoms with Gasteiger partial charge < -0.3 is 10.1 Å². The van der Waals surface area contributed by atoms with Gasteiger partial charge in [0.15, 0.2) is 0 Å². The summed E-state index contributed by atoms with van der Waals surface area (Å²) in [6, 6.07) is 16.6. The van der Waals surface area contributed by atoms with E-state index in [0.717, 1.165) is 10.5 Å². The lowest BCUT2D eigenvalue weighted by molar-refractivity contribution is 0.0951. The molecule has 0 saturated heterocycles. The van der Waals surface area contributed by atoms with Crippen LogP contribution in [0.3, 0.4) is 0 Å². The molecule has 2 aromatic carbocycles. The molecule has 0 aliphatic carbocycles. The highest BCUT2D eigenvalue weighted by molar-refractivity contribution is 7.85. The molecule has 0 radical (unpaired) electrons. The van der Waals surface area contributed by atoms with E-state index in [9.17, 15) is 9.00 Å². The monoisotopic (exact) mass is 317 g/mol. The predicted octanol–water partition coefficient (Wildman–Crippen LogP) is 2.37. The summed E-state index contributed by atoms with van der Waals surface area (Å²) in [5.74, 6) is 0.222. The minimum atomic E-state index is -1.10. The van der Waals surface area contributed by atoms with Crippen molar-refractivity contribution < 1.29 is 13.7 Å². The molecule has 0 aromatic heterocycles. The van der Waals surface area contributed by atoms with Gasteiger partial charge >= 0.3 is 0 Å². The first-order valence-corrected chi connectivity index (χ1v) is 8.32. The second-order valence-electron chi connectivity index (χ2n) is 4.71. The molecule has 116 valence electrons. The third-order valence-electron chi connectivity index (χ3n) is 3.14. The molecule has 2 rings (SSSR count). The third-order valence-corrected chi connectivity index (χ3v) is 4.51. The maximum atomic E-state index is 12.2. The van der Waals surface area contributed by atoms with Gasteiger partial charge in [-0.2, -0.15) is 0 Å². The lowest BCUT2D eigenvalue weighted by atomic mass is 10.1. The molecule has 1 N–H and O–H groups in total. The number of carbonyl (C=O) groups is 1. The molecule has 22 heavy (non-hydrogen) atoms. The Morgan fingerprint density at radius 3 is 2.50 bits per heavy atom. The van der Waals surface area contributed by atoms with Crippen molar-refractivity contribution in [1.82, 2.24) is 5.32 Å². The van der Waals surface area contributed by atoms with Gasteiger partial charge in [-0.15, -0.1) is 0 Å². The van der Waals surface area contributed by atoms with Crippen molar-refractivity contribution in [2.24, 2.45) is 0 Å². The standard InChI is InChI=1S/C17H19NO3S/c1-21-13-14-7-5-6-10-16(14)17(19)18-11-12-22(20)15-8-3-2-4-9-15/h2-10H,11-13H2,1H3,(H,18,19)/t22-/m1/s1. The average molecular weight is 317 g/mol. The van der Waals surface area contributed by atoms with Gasteiger partial charge in [0.25, 0.3) is 5.91 Å². The van der Waals surface area contributed by atoms with Gasteiger partial charge in [-0.05, 0) is 23.8 Å². The van der Waals surface area contributed by atoms with Crippen LogP contribution in [0.1, 0.15) is 15.9 Å². The molecule has 0 fully saturated rings. The van der Waals surface area contributed by atoms with Gasteiger partial charge in [-0.3, -0.25) is 9.00 Å². The van der Waals surface area contributed by atoms with E-state index in [2.05, 4.69) is 5.32 Å². The molecule has 0 saturated carbocycles. The Hall–Kier alpha value is -1.98. The van der Waals surface area contributed by atoms with E-state index in [1.165, 1.54) is 0 Å². The topological polar surface area (TPSA) is 55.4 Å². The molecular formula is C17H19NO3S. The van der Waals surface area contributed by atoms with Crippen molar-refractivity contribution >= 4 is 16.7 Å². The van der Waals surface area contributed by atoms with Crippen molar-refractivity contribution in [2.75, 3.05) is 19.4 Å². The van der Waals surface area contributed by atoms with E-state index in [-0.39, 0.29) is 5.91 Å². The smallest absolute Gasteiger partial charge is 0.251 e. The van der Waals surface area contributed by atoms with Crippen LogP contribution in [-0.2, 0) is 22.1 Å². The highest BCUT2D eigenvalue weighted by Crippen LogP contribution is 2.10. The molecular weight excluding hydrogens is 298 g/mol. The van der Waals surface area contributed by atoms with Crippen LogP contribution < -0.4 is 5.32 Å². The first kappa shape index (κ1) is 16.4. The van der Waals surface area contributed by atoms with Crippen LogP contribution in [0, 0.1) is 0 Å². The van der Waals surface area contributed by atoms with Gasteiger partial charge in [0, 0.05) is 29.9 Å². The quantitative estimate of drug-likeness (QED) is 0.853. The van der Waals surface area contributed by atoms with E-state index in [0.29, 0.717) is 24.5 Å². The first-order valence-electron chi connectivity index (χ1n) is 7.01. The minimum Gasteiger partial charge on any atom is -0.380 e. The van der Waals surface area contributed by atoms with Gasteiger partial charge in [-0.25, -0.2) is 0 Å². The summed E-state index contributed by atoms with van der Waals surface area (Å²) in [5.41, 5.74) is 1.43. The second kappa shape index (κ2) is 8.46. The first-order chi connectivity index (χ1) is 10.7. The van der Waals surface area contributed by atoms with Crippen molar-refractivity contribution in [3.05, 3.63) is 65.7 Å². The summed E-state index contributed by atoms with van der Waals surface area (Å²) in [5, 5.41) is 2.81. The fourth-order valence-corrected chi connectivity index (χ4v) is 3.05. The third kappa shape index (κ3) is 4.51. The van der Waals surface area contributed by atoms with Gasteiger partial charge in [-0.1, -0.05) is 36.4 Å². The van der Waals surface area contributed by atoms with Crippen LogP contribution in [0.5, 0.6) is 0 Å². The van der Waals surface area contributed by atoms with Crippen LogP contribution in [0.25, 0.3) is 0 Å². The zero-order valence-electron chi connectivity index (χ0n) is 12.5. The molecule has 0 aliphatic rings. The van der Waals surface area contributed by atoms with Crippen LogP contribution in [0.15, 0.2) is 59.5 Å². The average Bonchev–Trinajstić information content (AvgIpc) is 2.56. The zero-order valence-corrected chi connectivity index (χ0v) is 13.3. The molecule has 0 spiro atoms. The zero-order chi connectivity index (χ0) is 15.8. The highest BCUT2D eigenvalue weighted by Gasteiger charge is 2.11. The Bertz CT molecular complexity index is 643. The molecule has 0 heterocycles. The van der Waals surface area contributed by atoms with E-state index in [1.807, 2.05) is 48.5 Å². The van der Waals surface area contributed by atoms with E-state index in [4.69, 9.17) is 4.74 Å². The number of ether oxygens (including phenoxy) is 1. The van der Waals surface area contributed by atoms with Crippen molar-refractivity contribution in [1.29, 1.82) is 0 Å². The van der Waals surface area contributed by atoms with Gasteiger partial charge in [0.2, 0.25) is 0 Å². The number of methoxy groups -OCH3 is 1. The Labute approximate surface area is 133 Å². The second-order valence-corrected chi connectivity index (χ2v) is 6.28. The van der Waals surface area contributed by atoms with Crippen molar-refractivity contribution in [3.63, 3.8) is 0 Å². The number of hydrogen-bond acceptors (Lipinski definition) is 3. The summed E-state index contributed by atoms with van der Waals surface area (Å²) in [6.45, 7) is 0.751. The van der Waals surface area contributed by atoms with Gasteiger partial charge in [0.05, 0.1) is 17.4 Å². The largest absolute Gasteiger partial charge is 0.380 e. The highest BCUT2D eigenvalue weighted by atomic mass is 32.2.